The van der Waals surface area contributed by atoms with Crippen molar-refractivity contribution < 1.29 is 22.0 Å². The first-order chi connectivity index (χ1) is 6.86. The van der Waals surface area contributed by atoms with Crippen molar-refractivity contribution in [3.05, 3.63) is 34.9 Å². The van der Waals surface area contributed by atoms with E-state index in [-0.39, 0.29) is 18.1 Å². The van der Waals surface area contributed by atoms with E-state index in [0.717, 1.165) is 0 Å². The Bertz CT molecular complexity index is 354. The minimum atomic E-state index is -4.85. The van der Waals surface area contributed by atoms with Gasteiger partial charge >= 0.3 is 6.18 Å². The van der Waals surface area contributed by atoms with E-state index in [2.05, 4.69) is 0 Å². The van der Waals surface area contributed by atoms with Crippen LogP contribution in [0.4, 0.5) is 22.0 Å². The molecule has 0 fully saturated rings. The van der Waals surface area contributed by atoms with Crippen molar-refractivity contribution in [3.63, 3.8) is 0 Å². The summed E-state index contributed by atoms with van der Waals surface area (Å²) in [6.45, 7) is 1.73. The largest absolute Gasteiger partial charge is 0.419 e. The average molecular weight is 224 g/mol. The number of aryl methyl sites for hydroxylation is 1. The number of alkyl halides is 3. The standard InChI is InChI=1S/C10H9F5/c1-2-3-6-4-9(12)7(5-8(6)11)10(13,14)15/h4-5H,2-3H2,1H3. The summed E-state index contributed by atoms with van der Waals surface area (Å²) in [7, 11) is 0. The molecule has 0 atom stereocenters. The molecule has 0 bridgehead atoms. The summed E-state index contributed by atoms with van der Waals surface area (Å²) in [5.74, 6) is -2.43. The van der Waals surface area contributed by atoms with Crippen LogP contribution in [0.2, 0.25) is 0 Å². The Labute approximate surface area is 83.7 Å². The second-order valence-electron chi connectivity index (χ2n) is 3.17. The average Bonchev–Trinajstić information content (AvgIpc) is 2.09. The molecular weight excluding hydrogens is 215 g/mol. The summed E-state index contributed by atoms with van der Waals surface area (Å²) in [4.78, 5) is 0. The van der Waals surface area contributed by atoms with Crippen molar-refractivity contribution >= 4 is 0 Å². The lowest BCUT2D eigenvalue weighted by Crippen LogP contribution is -2.10. The topological polar surface area (TPSA) is 0 Å². The van der Waals surface area contributed by atoms with Crippen LogP contribution in [0.1, 0.15) is 24.5 Å². The first kappa shape index (κ1) is 11.9. The third-order valence-electron chi connectivity index (χ3n) is 1.96. The molecule has 0 radical (unpaired) electrons. The number of hydrogen-bond donors (Lipinski definition) is 0. The van der Waals surface area contributed by atoms with Gasteiger partial charge in [-0.3, -0.25) is 0 Å². The molecule has 0 aromatic heterocycles. The Hall–Kier alpha value is -1.13. The number of rotatable bonds is 2. The minimum Gasteiger partial charge on any atom is -0.207 e. The van der Waals surface area contributed by atoms with Crippen molar-refractivity contribution in [1.82, 2.24) is 0 Å². The molecule has 0 aliphatic rings. The second-order valence-corrected chi connectivity index (χ2v) is 3.17. The molecular formula is C10H9F5. The maximum absolute atomic E-state index is 13.1. The molecule has 0 N–H and O–H groups in total. The summed E-state index contributed by atoms with van der Waals surface area (Å²) < 4.78 is 62.5. The fraction of sp³-hybridized carbons (Fsp3) is 0.400. The van der Waals surface area contributed by atoms with Crippen LogP contribution in [-0.4, -0.2) is 0 Å². The lowest BCUT2D eigenvalue weighted by Gasteiger charge is -2.10. The zero-order chi connectivity index (χ0) is 11.6. The van der Waals surface area contributed by atoms with Crippen molar-refractivity contribution in [2.24, 2.45) is 0 Å². The Morgan fingerprint density at radius 2 is 1.67 bits per heavy atom. The van der Waals surface area contributed by atoms with Crippen LogP contribution in [0.15, 0.2) is 12.1 Å². The van der Waals surface area contributed by atoms with E-state index in [1.54, 1.807) is 6.92 Å². The van der Waals surface area contributed by atoms with Crippen molar-refractivity contribution in [3.8, 4) is 0 Å². The van der Waals surface area contributed by atoms with Gasteiger partial charge in [0.25, 0.3) is 0 Å². The fourth-order valence-corrected chi connectivity index (χ4v) is 1.27. The lowest BCUT2D eigenvalue weighted by molar-refractivity contribution is -0.140. The zero-order valence-corrected chi connectivity index (χ0v) is 7.96. The summed E-state index contributed by atoms with van der Waals surface area (Å²) in [5, 5.41) is 0. The lowest BCUT2D eigenvalue weighted by atomic mass is 10.1. The zero-order valence-electron chi connectivity index (χ0n) is 7.96. The van der Waals surface area contributed by atoms with Crippen LogP contribution in [0.25, 0.3) is 0 Å². The van der Waals surface area contributed by atoms with E-state index < -0.39 is 23.4 Å². The highest BCUT2D eigenvalue weighted by Crippen LogP contribution is 2.32. The maximum Gasteiger partial charge on any atom is 0.419 e. The SMILES string of the molecule is CCCc1cc(F)c(C(F)(F)F)cc1F. The predicted octanol–water partition coefficient (Wildman–Crippen LogP) is 3.94. The highest BCUT2D eigenvalue weighted by atomic mass is 19.4. The van der Waals surface area contributed by atoms with Gasteiger partial charge in [-0.15, -0.1) is 0 Å². The fourth-order valence-electron chi connectivity index (χ4n) is 1.27. The molecule has 1 aromatic rings. The Morgan fingerprint density at radius 1 is 1.07 bits per heavy atom. The monoisotopic (exact) mass is 224 g/mol. The summed E-state index contributed by atoms with van der Waals surface area (Å²) in [6, 6.07) is 0.821. The molecule has 0 aliphatic carbocycles. The minimum absolute atomic E-state index is 0.0250. The summed E-state index contributed by atoms with van der Waals surface area (Å²) >= 11 is 0. The molecule has 0 nitrogen and oxygen atoms in total. The molecule has 0 amide bonds. The van der Waals surface area contributed by atoms with Crippen molar-refractivity contribution in [1.29, 1.82) is 0 Å². The molecule has 5 heteroatoms. The normalized spacial score (nSPS) is 11.9. The van der Waals surface area contributed by atoms with Crippen LogP contribution >= 0.6 is 0 Å². The smallest absolute Gasteiger partial charge is 0.207 e. The molecule has 15 heavy (non-hydrogen) atoms. The van der Waals surface area contributed by atoms with Crippen LogP contribution in [0.3, 0.4) is 0 Å². The van der Waals surface area contributed by atoms with Gasteiger partial charge in [-0.25, -0.2) is 8.78 Å². The molecule has 0 saturated heterocycles. The van der Waals surface area contributed by atoms with Gasteiger partial charge in [-0.1, -0.05) is 13.3 Å². The van der Waals surface area contributed by atoms with Crippen molar-refractivity contribution in [2.75, 3.05) is 0 Å². The predicted molar refractivity (Wildman–Crippen MR) is 45.4 cm³/mol. The Balaban J connectivity index is 3.20. The highest BCUT2D eigenvalue weighted by Gasteiger charge is 2.34. The van der Waals surface area contributed by atoms with E-state index in [1.165, 1.54) is 0 Å². The quantitative estimate of drug-likeness (QED) is 0.667. The van der Waals surface area contributed by atoms with Crippen LogP contribution in [-0.2, 0) is 12.6 Å². The summed E-state index contributed by atoms with van der Waals surface area (Å²) in [5.41, 5.74) is -1.58. The first-order valence-corrected chi connectivity index (χ1v) is 4.41. The van der Waals surface area contributed by atoms with Crippen molar-refractivity contribution in [2.45, 2.75) is 25.9 Å². The van der Waals surface area contributed by atoms with E-state index in [0.29, 0.717) is 12.5 Å². The molecule has 84 valence electrons. The molecule has 1 aromatic carbocycles. The van der Waals surface area contributed by atoms with Gasteiger partial charge in [-0.05, 0) is 24.1 Å². The highest BCUT2D eigenvalue weighted by molar-refractivity contribution is 5.28. The Morgan fingerprint density at radius 3 is 2.13 bits per heavy atom. The maximum atomic E-state index is 13.1. The third-order valence-corrected chi connectivity index (χ3v) is 1.96. The number of halogens is 5. The molecule has 0 unspecified atom stereocenters. The first-order valence-electron chi connectivity index (χ1n) is 4.41. The van der Waals surface area contributed by atoms with E-state index in [1.807, 2.05) is 0 Å². The molecule has 0 heterocycles. The number of hydrogen-bond acceptors (Lipinski definition) is 0. The number of benzene rings is 1. The van der Waals surface area contributed by atoms with Gasteiger partial charge in [0.2, 0.25) is 0 Å². The van der Waals surface area contributed by atoms with Gasteiger partial charge in [0.15, 0.2) is 0 Å². The van der Waals surface area contributed by atoms with Crippen LogP contribution in [0.5, 0.6) is 0 Å². The second kappa shape index (κ2) is 4.16. The molecule has 1 rings (SSSR count). The van der Waals surface area contributed by atoms with Gasteiger partial charge in [0.05, 0.1) is 5.56 Å². The van der Waals surface area contributed by atoms with Crippen LogP contribution in [0, 0.1) is 11.6 Å². The summed E-state index contributed by atoms with van der Waals surface area (Å²) in [6.07, 6.45) is -4.09. The Kier molecular flexibility index (Phi) is 3.31. The van der Waals surface area contributed by atoms with Gasteiger partial charge in [0, 0.05) is 0 Å². The van der Waals surface area contributed by atoms with E-state index in [4.69, 9.17) is 0 Å². The molecule has 0 spiro atoms. The van der Waals surface area contributed by atoms with Gasteiger partial charge in [0.1, 0.15) is 11.6 Å². The van der Waals surface area contributed by atoms with Gasteiger partial charge in [-0.2, -0.15) is 13.2 Å². The molecule has 0 saturated carbocycles. The van der Waals surface area contributed by atoms with E-state index in [9.17, 15) is 22.0 Å². The third kappa shape index (κ3) is 2.67. The molecule has 0 aliphatic heterocycles. The van der Waals surface area contributed by atoms with Crippen LogP contribution < -0.4 is 0 Å². The van der Waals surface area contributed by atoms with E-state index >= 15 is 0 Å². The van der Waals surface area contributed by atoms with Gasteiger partial charge < -0.3 is 0 Å².